The standard InChI is InChI=1S/C20H23BrN4O3S/c1-3-15-22-20-25(23-15)18(26)17(29-20)16(13-5-4-6-14(21)11-13)24-9-7-12(8-10-24)19(27)28-2/h4-6,11-12,16,26H,3,7-10H2,1-2H3. The lowest BCUT2D eigenvalue weighted by Crippen LogP contribution is -2.39. The van der Waals surface area contributed by atoms with Gasteiger partial charge in [-0.15, -0.1) is 5.10 Å². The highest BCUT2D eigenvalue weighted by Crippen LogP contribution is 2.41. The van der Waals surface area contributed by atoms with Crippen LogP contribution in [0.3, 0.4) is 0 Å². The van der Waals surface area contributed by atoms with Crippen LogP contribution in [0.25, 0.3) is 4.96 Å². The fourth-order valence-corrected chi connectivity index (χ4v) is 5.44. The first kappa shape index (κ1) is 20.3. The quantitative estimate of drug-likeness (QED) is 0.561. The zero-order chi connectivity index (χ0) is 20.5. The van der Waals surface area contributed by atoms with Crippen LogP contribution in [0.2, 0.25) is 0 Å². The van der Waals surface area contributed by atoms with Crippen LogP contribution in [0, 0.1) is 5.92 Å². The number of esters is 1. The molecular weight excluding hydrogens is 456 g/mol. The number of methoxy groups -OCH3 is 1. The van der Waals surface area contributed by atoms with Gasteiger partial charge >= 0.3 is 5.97 Å². The van der Waals surface area contributed by atoms with Crippen LogP contribution in [-0.2, 0) is 16.0 Å². The molecule has 1 N–H and O–H groups in total. The average Bonchev–Trinajstić information content (AvgIpc) is 3.27. The maximum atomic E-state index is 11.9. The van der Waals surface area contributed by atoms with E-state index in [1.165, 1.54) is 23.0 Å². The summed E-state index contributed by atoms with van der Waals surface area (Å²) in [6.07, 6.45) is 2.19. The molecule has 0 amide bonds. The number of carbonyl (C=O) groups is 1. The number of halogens is 1. The number of carbonyl (C=O) groups excluding carboxylic acids is 1. The molecule has 3 aromatic rings. The van der Waals surface area contributed by atoms with Crippen molar-refractivity contribution < 1.29 is 14.6 Å². The number of ether oxygens (including phenoxy) is 1. The Morgan fingerprint density at radius 3 is 2.79 bits per heavy atom. The van der Waals surface area contributed by atoms with Gasteiger partial charge in [-0.25, -0.2) is 4.98 Å². The van der Waals surface area contributed by atoms with Gasteiger partial charge in [0.05, 0.1) is 23.9 Å². The molecule has 1 aromatic carbocycles. The van der Waals surface area contributed by atoms with Gasteiger partial charge in [0.1, 0.15) is 0 Å². The van der Waals surface area contributed by atoms with E-state index < -0.39 is 0 Å². The second kappa shape index (κ2) is 8.41. The minimum absolute atomic E-state index is 0.0672. The molecule has 0 spiro atoms. The number of thiazole rings is 1. The minimum Gasteiger partial charge on any atom is -0.492 e. The second-order valence-electron chi connectivity index (χ2n) is 7.16. The number of hydrogen-bond acceptors (Lipinski definition) is 7. The third-order valence-electron chi connectivity index (χ3n) is 5.40. The van der Waals surface area contributed by atoms with E-state index in [0.717, 1.165) is 53.1 Å². The summed E-state index contributed by atoms with van der Waals surface area (Å²) >= 11 is 5.03. The van der Waals surface area contributed by atoms with Gasteiger partial charge < -0.3 is 9.84 Å². The Kier molecular flexibility index (Phi) is 5.89. The van der Waals surface area contributed by atoms with Gasteiger partial charge in [0.2, 0.25) is 10.8 Å². The summed E-state index contributed by atoms with van der Waals surface area (Å²) < 4.78 is 7.44. The number of likely N-dealkylation sites (tertiary alicyclic amines) is 1. The van der Waals surface area contributed by atoms with E-state index in [1.807, 2.05) is 19.1 Å². The van der Waals surface area contributed by atoms with Gasteiger partial charge in [0.15, 0.2) is 5.82 Å². The lowest BCUT2D eigenvalue weighted by molar-refractivity contribution is -0.147. The molecule has 1 aliphatic rings. The molecule has 1 atom stereocenters. The van der Waals surface area contributed by atoms with E-state index in [0.29, 0.717) is 4.96 Å². The van der Waals surface area contributed by atoms with Crippen LogP contribution in [-0.4, -0.2) is 50.8 Å². The molecule has 0 aliphatic carbocycles. The molecule has 0 saturated carbocycles. The summed E-state index contributed by atoms with van der Waals surface area (Å²) in [6.45, 7) is 3.47. The topological polar surface area (TPSA) is 80.0 Å². The van der Waals surface area contributed by atoms with Crippen LogP contribution in [0.4, 0.5) is 0 Å². The van der Waals surface area contributed by atoms with Gasteiger partial charge in [-0.2, -0.15) is 4.52 Å². The summed E-state index contributed by atoms with van der Waals surface area (Å²) in [7, 11) is 1.44. The zero-order valence-corrected chi connectivity index (χ0v) is 18.7. The fraction of sp³-hybridized carbons (Fsp3) is 0.450. The van der Waals surface area contributed by atoms with E-state index in [2.05, 4.69) is 43.0 Å². The highest BCUT2D eigenvalue weighted by molar-refractivity contribution is 9.10. The monoisotopic (exact) mass is 478 g/mol. The number of rotatable bonds is 5. The predicted octanol–water partition coefficient (Wildman–Crippen LogP) is 3.80. The molecule has 4 rings (SSSR count). The Bertz CT molecular complexity index is 1030. The highest BCUT2D eigenvalue weighted by Gasteiger charge is 2.34. The predicted molar refractivity (Wildman–Crippen MR) is 114 cm³/mol. The zero-order valence-electron chi connectivity index (χ0n) is 16.3. The Hall–Kier alpha value is -1.97. The Labute approximate surface area is 181 Å². The smallest absolute Gasteiger partial charge is 0.308 e. The summed E-state index contributed by atoms with van der Waals surface area (Å²) in [5, 5.41) is 15.4. The van der Waals surface area contributed by atoms with E-state index in [1.54, 1.807) is 0 Å². The molecule has 9 heteroatoms. The summed E-state index contributed by atoms with van der Waals surface area (Å²) in [6, 6.07) is 7.99. The van der Waals surface area contributed by atoms with Crippen molar-refractivity contribution in [3.63, 3.8) is 0 Å². The molecule has 1 saturated heterocycles. The Morgan fingerprint density at radius 1 is 1.41 bits per heavy atom. The molecule has 2 aromatic heterocycles. The van der Waals surface area contributed by atoms with E-state index in [9.17, 15) is 9.90 Å². The van der Waals surface area contributed by atoms with E-state index in [-0.39, 0.29) is 23.8 Å². The highest BCUT2D eigenvalue weighted by atomic mass is 79.9. The molecule has 1 unspecified atom stereocenters. The first-order valence-electron chi connectivity index (χ1n) is 9.66. The average molecular weight is 479 g/mol. The lowest BCUT2D eigenvalue weighted by Gasteiger charge is -2.36. The van der Waals surface area contributed by atoms with Gasteiger partial charge in [-0.1, -0.05) is 46.3 Å². The molecule has 0 radical (unpaired) electrons. The van der Waals surface area contributed by atoms with Crippen molar-refractivity contribution in [3.05, 3.63) is 45.0 Å². The molecule has 1 aliphatic heterocycles. The van der Waals surface area contributed by atoms with Gasteiger partial charge in [0, 0.05) is 10.9 Å². The molecule has 29 heavy (non-hydrogen) atoms. The van der Waals surface area contributed by atoms with E-state index >= 15 is 0 Å². The number of nitrogens with zero attached hydrogens (tertiary/aromatic N) is 4. The molecule has 154 valence electrons. The van der Waals surface area contributed by atoms with Crippen LogP contribution in [0.1, 0.15) is 42.1 Å². The third-order valence-corrected chi connectivity index (χ3v) is 6.97. The van der Waals surface area contributed by atoms with Crippen molar-refractivity contribution in [2.45, 2.75) is 32.2 Å². The summed E-state index contributed by atoms with van der Waals surface area (Å²) in [5.74, 6) is 0.646. The summed E-state index contributed by atoms with van der Waals surface area (Å²) in [4.78, 5) is 20.3. The van der Waals surface area contributed by atoms with Crippen molar-refractivity contribution in [2.24, 2.45) is 5.92 Å². The molecule has 3 heterocycles. The molecule has 1 fully saturated rings. The van der Waals surface area contributed by atoms with Gasteiger partial charge in [0.25, 0.3) is 0 Å². The largest absolute Gasteiger partial charge is 0.492 e. The number of aryl methyl sites for hydroxylation is 1. The summed E-state index contributed by atoms with van der Waals surface area (Å²) in [5.41, 5.74) is 1.08. The van der Waals surface area contributed by atoms with Crippen molar-refractivity contribution in [1.82, 2.24) is 19.5 Å². The second-order valence-corrected chi connectivity index (χ2v) is 9.08. The Morgan fingerprint density at radius 2 is 2.17 bits per heavy atom. The molecule has 7 nitrogen and oxygen atoms in total. The number of fused-ring (bicyclic) bond motifs is 1. The number of benzene rings is 1. The minimum atomic E-state index is -0.141. The normalized spacial score (nSPS) is 16.9. The van der Waals surface area contributed by atoms with Gasteiger partial charge in [-0.05, 0) is 43.6 Å². The van der Waals surface area contributed by atoms with Crippen molar-refractivity contribution in [2.75, 3.05) is 20.2 Å². The number of aromatic nitrogens is 3. The van der Waals surface area contributed by atoms with Crippen LogP contribution >= 0.6 is 27.3 Å². The first-order valence-corrected chi connectivity index (χ1v) is 11.3. The van der Waals surface area contributed by atoms with E-state index in [4.69, 9.17) is 4.74 Å². The number of aromatic hydroxyl groups is 1. The maximum absolute atomic E-state index is 11.9. The third kappa shape index (κ3) is 3.91. The van der Waals surface area contributed by atoms with Crippen LogP contribution in [0.15, 0.2) is 28.7 Å². The van der Waals surface area contributed by atoms with Crippen LogP contribution < -0.4 is 0 Å². The molecule has 0 bridgehead atoms. The van der Waals surface area contributed by atoms with Crippen LogP contribution in [0.5, 0.6) is 5.88 Å². The molecular formula is C20H23BrN4O3S. The Balaban J connectivity index is 1.71. The maximum Gasteiger partial charge on any atom is 0.308 e. The number of hydrogen-bond donors (Lipinski definition) is 1. The van der Waals surface area contributed by atoms with Gasteiger partial charge in [-0.3, -0.25) is 9.69 Å². The SMILES string of the molecule is CCc1nc2sc(C(c3cccc(Br)c3)N3CCC(C(=O)OC)CC3)c(O)n2n1. The van der Waals surface area contributed by atoms with Crippen molar-refractivity contribution in [3.8, 4) is 5.88 Å². The number of piperidine rings is 1. The lowest BCUT2D eigenvalue weighted by atomic mass is 9.94. The van der Waals surface area contributed by atoms with Crippen molar-refractivity contribution >= 4 is 38.2 Å². The fourth-order valence-electron chi connectivity index (χ4n) is 3.88. The van der Waals surface area contributed by atoms with Crippen molar-refractivity contribution in [1.29, 1.82) is 0 Å². The first-order chi connectivity index (χ1) is 14.0.